The van der Waals surface area contributed by atoms with Gasteiger partial charge in [0.05, 0.1) is 11.8 Å². The number of carbonyl (C=O) groups is 2. The van der Waals surface area contributed by atoms with E-state index < -0.39 is 11.9 Å². The van der Waals surface area contributed by atoms with E-state index in [0.717, 1.165) is 12.0 Å². The Kier molecular flexibility index (Phi) is 6.55. The Morgan fingerprint density at radius 2 is 1.57 bits per heavy atom. The van der Waals surface area contributed by atoms with Gasteiger partial charge in [0.15, 0.2) is 0 Å². The molecular weight excluding hydrogens is 469 g/mol. The number of aryl methyl sites for hydroxylation is 1. The monoisotopic (exact) mass is 495 g/mol. The molecule has 2 heterocycles. The molecule has 0 radical (unpaired) electrons. The predicted octanol–water partition coefficient (Wildman–Crippen LogP) is 5.76. The minimum atomic E-state index is -0.557. The molecule has 0 saturated carbocycles. The first kappa shape index (κ1) is 24.0. The van der Waals surface area contributed by atoms with Crippen LogP contribution in [0.1, 0.15) is 41.4 Å². The summed E-state index contributed by atoms with van der Waals surface area (Å²) in [6.45, 7) is 3.89. The van der Waals surface area contributed by atoms with Gasteiger partial charge in [-0.3, -0.25) is 9.59 Å². The predicted molar refractivity (Wildman–Crippen MR) is 142 cm³/mol. The van der Waals surface area contributed by atoms with Crippen LogP contribution >= 0.6 is 0 Å². The van der Waals surface area contributed by atoms with Crippen LogP contribution in [0.25, 0.3) is 0 Å². The standard InChI is InChI=1S/C29H26FN5O2/c1-3-19-9-11-20(12-10-19)26-25(29(37)34-22-7-5-4-6-8-22)18(2)32-27-24(17-31-35(26)27)28(36)33-23-15-13-21(30)14-16-23/h4-17,26,32H,3H2,1-2H3,(H,33,36)(H,34,37)/t26-/m0/s1. The molecule has 0 bridgehead atoms. The van der Waals surface area contributed by atoms with Crippen LogP contribution in [0.3, 0.4) is 0 Å². The van der Waals surface area contributed by atoms with Crippen molar-refractivity contribution in [3.63, 3.8) is 0 Å². The van der Waals surface area contributed by atoms with Crippen molar-refractivity contribution in [1.82, 2.24) is 9.78 Å². The first-order valence-corrected chi connectivity index (χ1v) is 12.0. The topological polar surface area (TPSA) is 88.1 Å². The van der Waals surface area contributed by atoms with Crippen LogP contribution in [0.15, 0.2) is 96.3 Å². The second-order valence-electron chi connectivity index (χ2n) is 8.79. The lowest BCUT2D eigenvalue weighted by Crippen LogP contribution is -2.32. The largest absolute Gasteiger partial charge is 0.343 e. The van der Waals surface area contributed by atoms with Crippen LogP contribution in [0.5, 0.6) is 0 Å². The smallest absolute Gasteiger partial charge is 0.261 e. The molecule has 1 aliphatic rings. The van der Waals surface area contributed by atoms with E-state index in [1.807, 2.05) is 61.5 Å². The van der Waals surface area contributed by atoms with Crippen LogP contribution in [0.4, 0.5) is 21.6 Å². The molecule has 3 aromatic carbocycles. The van der Waals surface area contributed by atoms with Gasteiger partial charge in [-0.15, -0.1) is 0 Å². The Bertz CT molecular complexity index is 1480. The molecule has 0 aliphatic carbocycles. The number of amides is 2. The molecule has 0 fully saturated rings. The molecule has 1 aromatic heterocycles. The van der Waals surface area contributed by atoms with Gasteiger partial charge in [-0.2, -0.15) is 5.10 Å². The summed E-state index contributed by atoms with van der Waals surface area (Å²) in [5, 5.41) is 13.5. The lowest BCUT2D eigenvalue weighted by molar-refractivity contribution is -0.113. The number of nitrogens with zero attached hydrogens (tertiary/aromatic N) is 2. The fraction of sp³-hybridized carbons (Fsp3) is 0.138. The number of rotatable bonds is 6. The van der Waals surface area contributed by atoms with E-state index in [-0.39, 0.29) is 11.7 Å². The highest BCUT2D eigenvalue weighted by atomic mass is 19.1. The van der Waals surface area contributed by atoms with Crippen molar-refractivity contribution in [2.75, 3.05) is 16.0 Å². The van der Waals surface area contributed by atoms with Crippen molar-refractivity contribution in [2.45, 2.75) is 26.3 Å². The molecule has 1 aliphatic heterocycles. The Labute approximate surface area is 214 Å². The van der Waals surface area contributed by atoms with E-state index in [2.05, 4.69) is 28.0 Å². The molecule has 0 spiro atoms. The number of benzene rings is 3. The molecule has 5 rings (SSSR count). The summed E-state index contributed by atoms with van der Waals surface area (Å²) in [7, 11) is 0. The van der Waals surface area contributed by atoms with Crippen LogP contribution < -0.4 is 16.0 Å². The zero-order valence-electron chi connectivity index (χ0n) is 20.5. The average molecular weight is 496 g/mol. The third-order valence-corrected chi connectivity index (χ3v) is 6.35. The normalized spacial score (nSPS) is 14.5. The Morgan fingerprint density at radius 1 is 0.919 bits per heavy atom. The molecule has 2 amide bonds. The number of halogens is 1. The van der Waals surface area contributed by atoms with E-state index >= 15 is 0 Å². The summed E-state index contributed by atoms with van der Waals surface area (Å²) in [5.41, 5.74) is 4.60. The summed E-state index contributed by atoms with van der Waals surface area (Å²) in [6, 6.07) is 22.3. The van der Waals surface area contributed by atoms with Gasteiger partial charge >= 0.3 is 0 Å². The van der Waals surface area contributed by atoms with Crippen LogP contribution in [0.2, 0.25) is 0 Å². The molecule has 4 aromatic rings. The van der Waals surface area contributed by atoms with Gasteiger partial charge in [0, 0.05) is 17.1 Å². The Morgan fingerprint density at radius 3 is 2.24 bits per heavy atom. The zero-order chi connectivity index (χ0) is 25.9. The lowest BCUT2D eigenvalue weighted by atomic mass is 9.93. The highest BCUT2D eigenvalue weighted by molar-refractivity contribution is 6.09. The maximum atomic E-state index is 13.5. The Balaban J connectivity index is 1.53. The molecule has 3 N–H and O–H groups in total. The fourth-order valence-electron chi connectivity index (χ4n) is 4.41. The summed E-state index contributed by atoms with van der Waals surface area (Å²) in [5.74, 6) is -0.579. The average Bonchev–Trinajstić information content (AvgIpc) is 3.33. The Hall–Kier alpha value is -4.72. The molecule has 1 atom stereocenters. The van der Waals surface area contributed by atoms with Crippen LogP contribution in [0, 0.1) is 5.82 Å². The highest BCUT2D eigenvalue weighted by Crippen LogP contribution is 2.38. The first-order valence-electron chi connectivity index (χ1n) is 12.0. The first-order chi connectivity index (χ1) is 17.9. The zero-order valence-corrected chi connectivity index (χ0v) is 20.5. The number of para-hydroxylation sites is 1. The second-order valence-corrected chi connectivity index (χ2v) is 8.79. The van der Waals surface area contributed by atoms with Gasteiger partial charge in [0.1, 0.15) is 23.2 Å². The van der Waals surface area contributed by atoms with Crippen molar-refractivity contribution in [1.29, 1.82) is 0 Å². The van der Waals surface area contributed by atoms with Gasteiger partial charge in [-0.1, -0.05) is 49.4 Å². The van der Waals surface area contributed by atoms with Crippen molar-refractivity contribution in [2.24, 2.45) is 0 Å². The number of anilines is 3. The summed E-state index contributed by atoms with van der Waals surface area (Å²) < 4.78 is 14.9. The highest BCUT2D eigenvalue weighted by Gasteiger charge is 2.35. The molecule has 0 unspecified atom stereocenters. The second kappa shape index (κ2) is 10.1. The molecule has 8 heteroatoms. The van der Waals surface area contributed by atoms with Gasteiger partial charge < -0.3 is 16.0 Å². The van der Waals surface area contributed by atoms with E-state index in [9.17, 15) is 14.0 Å². The SMILES string of the molecule is CCc1ccc([C@H]2C(C(=O)Nc3ccccc3)=C(C)Nc3c(C(=O)Nc4ccc(F)cc4)cnn32)cc1. The lowest BCUT2D eigenvalue weighted by Gasteiger charge is -2.30. The van der Waals surface area contributed by atoms with Gasteiger partial charge in [-0.05, 0) is 60.9 Å². The summed E-state index contributed by atoms with van der Waals surface area (Å²) >= 11 is 0. The van der Waals surface area contributed by atoms with Gasteiger partial charge in [-0.25, -0.2) is 9.07 Å². The molecule has 37 heavy (non-hydrogen) atoms. The number of aromatic nitrogens is 2. The van der Waals surface area contributed by atoms with E-state index in [0.29, 0.717) is 34.0 Å². The van der Waals surface area contributed by atoms with Crippen molar-refractivity contribution in [3.8, 4) is 0 Å². The van der Waals surface area contributed by atoms with Crippen LogP contribution in [-0.4, -0.2) is 21.6 Å². The fourth-order valence-corrected chi connectivity index (χ4v) is 4.41. The van der Waals surface area contributed by atoms with Gasteiger partial charge in [0.25, 0.3) is 11.8 Å². The number of carbonyl (C=O) groups excluding carboxylic acids is 2. The van der Waals surface area contributed by atoms with E-state index in [1.54, 1.807) is 4.68 Å². The third-order valence-electron chi connectivity index (χ3n) is 6.35. The molecule has 0 saturated heterocycles. The van der Waals surface area contributed by atoms with E-state index in [4.69, 9.17) is 0 Å². The van der Waals surface area contributed by atoms with E-state index in [1.165, 1.54) is 36.0 Å². The van der Waals surface area contributed by atoms with Gasteiger partial charge in [0.2, 0.25) is 0 Å². The minimum Gasteiger partial charge on any atom is -0.343 e. The maximum Gasteiger partial charge on any atom is 0.261 e. The number of hydrogen-bond acceptors (Lipinski definition) is 4. The third kappa shape index (κ3) is 4.86. The van der Waals surface area contributed by atoms with Crippen LogP contribution in [-0.2, 0) is 11.2 Å². The number of nitrogens with one attached hydrogen (secondary N) is 3. The maximum absolute atomic E-state index is 13.5. The van der Waals surface area contributed by atoms with Crippen molar-refractivity contribution >= 4 is 29.0 Å². The summed E-state index contributed by atoms with van der Waals surface area (Å²) in [6.07, 6.45) is 2.36. The number of allylic oxidation sites excluding steroid dienone is 1. The number of fused-ring (bicyclic) bond motifs is 1. The molecule has 7 nitrogen and oxygen atoms in total. The van der Waals surface area contributed by atoms with Crippen molar-refractivity contribution < 1.29 is 14.0 Å². The number of hydrogen-bond donors (Lipinski definition) is 3. The van der Waals surface area contributed by atoms with Crippen molar-refractivity contribution in [3.05, 3.63) is 119 Å². The molecule has 186 valence electrons. The summed E-state index contributed by atoms with van der Waals surface area (Å²) in [4.78, 5) is 26.7. The quantitative estimate of drug-likeness (QED) is 0.317. The minimum absolute atomic E-state index is 0.265. The molecular formula is C29H26FN5O2.